The molecule has 0 fully saturated rings. The van der Waals surface area contributed by atoms with Gasteiger partial charge >= 0.3 is 0 Å². The predicted molar refractivity (Wildman–Crippen MR) is 110 cm³/mol. The van der Waals surface area contributed by atoms with Crippen LogP contribution in [0.15, 0.2) is 83.4 Å². The Bertz CT molecular complexity index is 1300. The normalized spacial score (nSPS) is 10.9. The summed E-state index contributed by atoms with van der Waals surface area (Å²) in [6, 6.07) is 25.2. The molecular formula is C23H16N4O2. The number of aryl methyl sites for hydroxylation is 1. The molecule has 3 aromatic carbocycles. The summed E-state index contributed by atoms with van der Waals surface area (Å²) in [5.74, 6) is 2.78. The molecule has 0 aliphatic heterocycles. The number of aromatic nitrogens is 4. The van der Waals surface area contributed by atoms with Crippen LogP contribution in [-0.2, 0) is 0 Å². The topological polar surface area (TPSA) is 73.9 Å². The molecule has 6 nitrogen and oxygen atoms in total. The average Bonchev–Trinajstić information content (AvgIpc) is 3.21. The number of hydrogen-bond donors (Lipinski definition) is 0. The Balaban J connectivity index is 1.58. The van der Waals surface area contributed by atoms with Crippen LogP contribution in [0.2, 0.25) is 0 Å². The zero-order valence-corrected chi connectivity index (χ0v) is 15.6. The third kappa shape index (κ3) is 3.43. The van der Waals surface area contributed by atoms with E-state index in [0.29, 0.717) is 29.2 Å². The minimum absolute atomic E-state index is 0.496. The number of hydrogen-bond acceptors (Lipinski definition) is 6. The Morgan fingerprint density at radius 3 is 2.34 bits per heavy atom. The number of fused-ring (bicyclic) bond motifs is 1. The molecule has 29 heavy (non-hydrogen) atoms. The Hall–Kier alpha value is -4.06. The highest BCUT2D eigenvalue weighted by Gasteiger charge is 2.12. The lowest BCUT2D eigenvalue weighted by Crippen LogP contribution is -1.96. The maximum atomic E-state index is 6.19. The van der Waals surface area contributed by atoms with Gasteiger partial charge in [-0.3, -0.25) is 0 Å². The summed E-state index contributed by atoms with van der Waals surface area (Å²) < 4.78 is 11.3. The number of rotatable bonds is 4. The molecule has 0 saturated heterocycles. The van der Waals surface area contributed by atoms with E-state index in [1.165, 1.54) is 0 Å². The van der Waals surface area contributed by atoms with Gasteiger partial charge in [0.1, 0.15) is 5.75 Å². The van der Waals surface area contributed by atoms with Gasteiger partial charge in [0.2, 0.25) is 17.6 Å². The molecule has 5 rings (SSSR count). The van der Waals surface area contributed by atoms with E-state index in [2.05, 4.69) is 15.1 Å². The summed E-state index contributed by atoms with van der Waals surface area (Å²) in [7, 11) is 0. The number of para-hydroxylation sites is 1. The number of ether oxygens (including phenoxy) is 1. The summed E-state index contributed by atoms with van der Waals surface area (Å²) in [4.78, 5) is 13.7. The highest BCUT2D eigenvalue weighted by molar-refractivity contribution is 5.85. The Kier molecular flexibility index (Phi) is 4.22. The summed E-state index contributed by atoms with van der Waals surface area (Å²) in [5, 5.41) is 4.81. The largest absolute Gasteiger partial charge is 0.438 e. The SMILES string of the molecule is Cc1nc(-c2cccc(Oc3nc(-c4ccccc4)nc4ccccc34)c2)no1. The second-order valence-corrected chi connectivity index (χ2v) is 6.50. The van der Waals surface area contributed by atoms with Crippen molar-refractivity contribution in [1.29, 1.82) is 0 Å². The molecule has 0 aliphatic rings. The van der Waals surface area contributed by atoms with Crippen LogP contribution in [0.3, 0.4) is 0 Å². The van der Waals surface area contributed by atoms with E-state index in [1.54, 1.807) is 6.92 Å². The zero-order chi connectivity index (χ0) is 19.6. The van der Waals surface area contributed by atoms with Crippen molar-refractivity contribution < 1.29 is 9.26 Å². The molecule has 0 aliphatic carbocycles. The van der Waals surface area contributed by atoms with Crippen LogP contribution in [0.4, 0.5) is 0 Å². The lowest BCUT2D eigenvalue weighted by Gasteiger charge is -2.10. The minimum atomic E-state index is 0.496. The van der Waals surface area contributed by atoms with Crippen molar-refractivity contribution in [3.8, 4) is 34.4 Å². The zero-order valence-electron chi connectivity index (χ0n) is 15.6. The van der Waals surface area contributed by atoms with E-state index in [4.69, 9.17) is 14.2 Å². The van der Waals surface area contributed by atoms with E-state index in [9.17, 15) is 0 Å². The standard InChI is InChI=1S/C23H16N4O2/c1-15-24-22(27-29-15)17-10-7-11-18(14-17)28-23-19-12-5-6-13-20(19)25-21(26-23)16-8-3-2-4-9-16/h2-14H,1H3. The van der Waals surface area contributed by atoms with Crippen molar-refractivity contribution in [2.24, 2.45) is 0 Å². The monoisotopic (exact) mass is 380 g/mol. The van der Waals surface area contributed by atoms with Crippen LogP contribution in [0.25, 0.3) is 33.7 Å². The van der Waals surface area contributed by atoms with E-state index in [1.807, 2.05) is 78.9 Å². The third-order valence-corrected chi connectivity index (χ3v) is 4.43. The van der Waals surface area contributed by atoms with Gasteiger partial charge in [-0.15, -0.1) is 0 Å². The van der Waals surface area contributed by atoms with E-state index in [0.717, 1.165) is 22.0 Å². The fraction of sp³-hybridized carbons (Fsp3) is 0.0435. The molecule has 2 heterocycles. The first-order valence-electron chi connectivity index (χ1n) is 9.17. The molecule has 0 atom stereocenters. The highest BCUT2D eigenvalue weighted by Crippen LogP contribution is 2.31. The second-order valence-electron chi connectivity index (χ2n) is 6.50. The quantitative estimate of drug-likeness (QED) is 0.413. The van der Waals surface area contributed by atoms with Crippen LogP contribution >= 0.6 is 0 Å². The summed E-state index contributed by atoms with van der Waals surface area (Å²) in [6.07, 6.45) is 0. The van der Waals surface area contributed by atoms with Crippen LogP contribution in [-0.4, -0.2) is 20.1 Å². The van der Waals surface area contributed by atoms with E-state index < -0.39 is 0 Å². The van der Waals surface area contributed by atoms with Gasteiger partial charge < -0.3 is 9.26 Å². The molecule has 6 heteroatoms. The first-order chi connectivity index (χ1) is 14.3. The fourth-order valence-corrected chi connectivity index (χ4v) is 3.07. The molecular weight excluding hydrogens is 364 g/mol. The van der Waals surface area contributed by atoms with Crippen molar-refractivity contribution in [3.63, 3.8) is 0 Å². The molecule has 0 amide bonds. The van der Waals surface area contributed by atoms with Gasteiger partial charge in [0.05, 0.1) is 10.9 Å². The van der Waals surface area contributed by atoms with Gasteiger partial charge in [-0.1, -0.05) is 59.8 Å². The van der Waals surface area contributed by atoms with Gasteiger partial charge in [0.15, 0.2) is 5.82 Å². The number of nitrogens with zero attached hydrogens (tertiary/aromatic N) is 4. The first kappa shape index (κ1) is 17.1. The van der Waals surface area contributed by atoms with Crippen molar-refractivity contribution in [2.45, 2.75) is 6.92 Å². The van der Waals surface area contributed by atoms with Crippen molar-refractivity contribution in [2.75, 3.05) is 0 Å². The summed E-state index contributed by atoms with van der Waals surface area (Å²) in [6.45, 7) is 1.76. The third-order valence-electron chi connectivity index (χ3n) is 4.43. The van der Waals surface area contributed by atoms with Gasteiger partial charge in [-0.05, 0) is 24.3 Å². The lowest BCUT2D eigenvalue weighted by molar-refractivity contribution is 0.394. The molecule has 0 spiro atoms. The van der Waals surface area contributed by atoms with Gasteiger partial charge in [-0.2, -0.15) is 9.97 Å². The average molecular weight is 380 g/mol. The second kappa shape index (κ2) is 7.16. The van der Waals surface area contributed by atoms with E-state index in [-0.39, 0.29) is 0 Å². The highest BCUT2D eigenvalue weighted by atomic mass is 16.5. The van der Waals surface area contributed by atoms with Gasteiger partial charge in [0, 0.05) is 18.1 Å². The van der Waals surface area contributed by atoms with Crippen LogP contribution in [0.1, 0.15) is 5.89 Å². The number of benzene rings is 3. The molecule has 0 bridgehead atoms. The maximum Gasteiger partial charge on any atom is 0.230 e. The van der Waals surface area contributed by atoms with Crippen LogP contribution in [0, 0.1) is 6.92 Å². The van der Waals surface area contributed by atoms with Crippen LogP contribution < -0.4 is 4.74 Å². The fourth-order valence-electron chi connectivity index (χ4n) is 3.07. The molecule has 0 radical (unpaired) electrons. The smallest absolute Gasteiger partial charge is 0.230 e. The van der Waals surface area contributed by atoms with Crippen LogP contribution in [0.5, 0.6) is 11.6 Å². The van der Waals surface area contributed by atoms with E-state index >= 15 is 0 Å². The first-order valence-corrected chi connectivity index (χ1v) is 9.17. The lowest BCUT2D eigenvalue weighted by atomic mass is 10.2. The minimum Gasteiger partial charge on any atom is -0.438 e. The molecule has 140 valence electrons. The van der Waals surface area contributed by atoms with Gasteiger partial charge in [-0.25, -0.2) is 4.98 Å². The Labute approximate surface area is 166 Å². The molecule has 2 aromatic heterocycles. The Morgan fingerprint density at radius 2 is 1.52 bits per heavy atom. The maximum absolute atomic E-state index is 6.19. The summed E-state index contributed by atoms with van der Waals surface area (Å²) in [5.41, 5.74) is 2.56. The van der Waals surface area contributed by atoms with Crippen molar-refractivity contribution in [3.05, 3.63) is 84.8 Å². The predicted octanol–water partition coefficient (Wildman–Crippen LogP) is 5.45. The molecule has 0 saturated carbocycles. The summed E-state index contributed by atoms with van der Waals surface area (Å²) >= 11 is 0. The molecule has 5 aromatic rings. The van der Waals surface area contributed by atoms with Crippen molar-refractivity contribution in [1.82, 2.24) is 20.1 Å². The Morgan fingerprint density at radius 1 is 0.724 bits per heavy atom. The van der Waals surface area contributed by atoms with Gasteiger partial charge in [0.25, 0.3) is 0 Å². The molecule has 0 unspecified atom stereocenters. The molecule has 0 N–H and O–H groups in total. The van der Waals surface area contributed by atoms with Crippen molar-refractivity contribution >= 4 is 10.9 Å².